The monoisotopic (exact) mass is 552 g/mol. The molecule has 0 N–H and O–H groups in total. The molecule has 0 heterocycles. The molecule has 40 heavy (non-hydrogen) atoms. The van der Waals surface area contributed by atoms with Crippen LogP contribution in [0.25, 0.3) is 0 Å². The number of hydrogen-bond acceptors (Lipinski definition) is 3. The van der Waals surface area contributed by atoms with Gasteiger partial charge < -0.3 is 4.90 Å². The summed E-state index contributed by atoms with van der Waals surface area (Å²) < 4.78 is 2.32. The molecule has 0 aliphatic carbocycles. The van der Waals surface area contributed by atoms with Crippen LogP contribution in [0, 0.1) is 0 Å². The highest BCUT2D eigenvalue weighted by Gasteiger charge is 2.09. The van der Waals surface area contributed by atoms with Crippen LogP contribution in [0.4, 0.5) is 22.7 Å². The molecule has 0 saturated heterocycles. The molecular formula is C37H48N2S. The molecular weight excluding hydrogens is 504 g/mol. The molecule has 3 heteroatoms. The zero-order chi connectivity index (χ0) is 28.1. The fourth-order valence-electron chi connectivity index (χ4n) is 4.58. The summed E-state index contributed by atoms with van der Waals surface area (Å²) in [4.78, 5) is 2.44. The van der Waals surface area contributed by atoms with E-state index in [-0.39, 0.29) is 0 Å². The summed E-state index contributed by atoms with van der Waals surface area (Å²) in [5.74, 6) is 1.15. The zero-order valence-electron chi connectivity index (χ0n) is 24.6. The summed E-state index contributed by atoms with van der Waals surface area (Å²) in [6, 6.07) is 42.6. The van der Waals surface area contributed by atoms with Crippen LogP contribution in [0.3, 0.4) is 0 Å². The first kappa shape index (κ1) is 31.4. The Kier molecular flexibility index (Phi) is 15.5. The molecule has 0 radical (unpaired) electrons. The Morgan fingerprint density at radius 1 is 0.425 bits per heavy atom. The van der Waals surface area contributed by atoms with Crippen molar-refractivity contribution in [3.8, 4) is 0 Å². The second kappa shape index (κ2) is 19.8. The van der Waals surface area contributed by atoms with Crippen LogP contribution in [-0.4, -0.2) is 12.3 Å². The molecule has 4 rings (SSSR count). The van der Waals surface area contributed by atoms with E-state index in [2.05, 4.69) is 144 Å². The quantitative estimate of drug-likeness (QED) is 0.101. The van der Waals surface area contributed by atoms with E-state index < -0.39 is 0 Å². The van der Waals surface area contributed by atoms with Crippen LogP contribution in [0.5, 0.6) is 0 Å². The van der Waals surface area contributed by atoms with Gasteiger partial charge in [0.1, 0.15) is 0 Å². The highest BCUT2D eigenvalue weighted by Crippen LogP contribution is 2.32. The topological polar surface area (TPSA) is 6.48 Å². The van der Waals surface area contributed by atoms with E-state index >= 15 is 0 Å². The highest BCUT2D eigenvalue weighted by atomic mass is 32.2. The number of anilines is 4. The molecule has 4 aromatic rings. The Labute approximate surface area is 248 Å². The van der Waals surface area contributed by atoms with E-state index in [1.165, 1.54) is 80.5 Å². The minimum absolute atomic E-state index is 1.10. The highest BCUT2D eigenvalue weighted by molar-refractivity contribution is 8.00. The number of rotatable bonds is 16. The molecule has 0 aliphatic rings. The Morgan fingerprint density at radius 2 is 0.800 bits per heavy atom. The van der Waals surface area contributed by atoms with Gasteiger partial charge in [-0.2, -0.15) is 0 Å². The summed E-state index contributed by atoms with van der Waals surface area (Å²) in [6.45, 7) is 5.61. The smallest absolute Gasteiger partial charge is 0.0525 e. The fraction of sp³-hybridized carbons (Fsp3) is 0.351. The first-order chi connectivity index (χ1) is 19.8. The van der Waals surface area contributed by atoms with E-state index in [1.807, 2.05) is 11.9 Å². The SMILES string of the molecule is CCCCCCCCCN(c1ccccc1)c1ccccc1.CCCCSN(c1ccccc1)c1ccccc1. The number of unbranched alkanes of at least 4 members (excludes halogenated alkanes) is 7. The van der Waals surface area contributed by atoms with Crippen molar-refractivity contribution in [1.82, 2.24) is 0 Å². The molecule has 0 fully saturated rings. The number of benzene rings is 4. The van der Waals surface area contributed by atoms with Crippen molar-refractivity contribution < 1.29 is 0 Å². The zero-order valence-corrected chi connectivity index (χ0v) is 25.4. The molecule has 0 atom stereocenters. The first-order valence-corrected chi connectivity index (χ1v) is 16.2. The molecule has 0 saturated carbocycles. The van der Waals surface area contributed by atoms with Gasteiger partial charge in [-0.05, 0) is 73.3 Å². The van der Waals surface area contributed by atoms with Crippen LogP contribution in [0.1, 0.15) is 71.6 Å². The molecule has 0 aliphatic heterocycles. The maximum absolute atomic E-state index is 2.44. The number of nitrogens with zero attached hydrogens (tertiary/aromatic N) is 2. The van der Waals surface area contributed by atoms with Crippen LogP contribution < -0.4 is 9.21 Å². The second-order valence-electron chi connectivity index (χ2n) is 10.1. The van der Waals surface area contributed by atoms with Crippen molar-refractivity contribution in [3.63, 3.8) is 0 Å². The van der Waals surface area contributed by atoms with Crippen LogP contribution in [-0.2, 0) is 0 Å². The van der Waals surface area contributed by atoms with Crippen molar-refractivity contribution in [2.45, 2.75) is 71.6 Å². The predicted molar refractivity (Wildman–Crippen MR) is 180 cm³/mol. The van der Waals surface area contributed by atoms with Gasteiger partial charge in [-0.1, -0.05) is 132 Å². The normalized spacial score (nSPS) is 10.4. The second-order valence-corrected chi connectivity index (χ2v) is 11.1. The lowest BCUT2D eigenvalue weighted by Crippen LogP contribution is -2.18. The van der Waals surface area contributed by atoms with Gasteiger partial charge in [0.15, 0.2) is 0 Å². The molecule has 212 valence electrons. The molecule has 4 aromatic carbocycles. The van der Waals surface area contributed by atoms with Crippen molar-refractivity contribution in [3.05, 3.63) is 121 Å². The first-order valence-electron chi connectivity index (χ1n) is 15.2. The van der Waals surface area contributed by atoms with Crippen molar-refractivity contribution in [2.24, 2.45) is 0 Å². The summed E-state index contributed by atoms with van der Waals surface area (Å²) >= 11 is 1.89. The standard InChI is InChI=1S/C21H29N.C16H19NS/c1-2-3-4-5-6-7-14-19-22(20-15-10-8-11-16-20)21-17-12-9-13-18-21;1-2-3-14-18-17(15-10-6-4-7-11-15)16-12-8-5-9-13-16/h8-13,15-18H,2-7,14,19H2,1H3;4-13H,2-3,14H2,1H3. The third-order valence-electron chi connectivity index (χ3n) is 6.82. The van der Waals surface area contributed by atoms with Crippen molar-refractivity contribution in [1.29, 1.82) is 0 Å². The van der Waals surface area contributed by atoms with Gasteiger partial charge in [0, 0.05) is 23.7 Å². The molecule has 0 spiro atoms. The largest absolute Gasteiger partial charge is 0.341 e. The average molecular weight is 553 g/mol. The minimum Gasteiger partial charge on any atom is -0.341 e. The minimum atomic E-state index is 1.10. The molecule has 0 aromatic heterocycles. The third-order valence-corrected chi connectivity index (χ3v) is 7.97. The van der Waals surface area contributed by atoms with Gasteiger partial charge in [0.2, 0.25) is 0 Å². The molecule has 0 amide bonds. The molecule has 0 bridgehead atoms. The van der Waals surface area contributed by atoms with E-state index in [1.54, 1.807) is 0 Å². The lowest BCUT2D eigenvalue weighted by molar-refractivity contribution is 0.591. The lowest BCUT2D eigenvalue weighted by Gasteiger charge is -2.25. The lowest BCUT2D eigenvalue weighted by atomic mass is 10.1. The van der Waals surface area contributed by atoms with Gasteiger partial charge in [0.25, 0.3) is 0 Å². The Balaban J connectivity index is 0.000000225. The van der Waals surface area contributed by atoms with Gasteiger partial charge in [0.05, 0.1) is 11.4 Å². The maximum Gasteiger partial charge on any atom is 0.0525 e. The summed E-state index contributed by atoms with van der Waals surface area (Å²) in [5, 5.41) is 0. The van der Waals surface area contributed by atoms with E-state index in [9.17, 15) is 0 Å². The summed E-state index contributed by atoms with van der Waals surface area (Å²) in [7, 11) is 0. The Morgan fingerprint density at radius 3 is 1.23 bits per heavy atom. The van der Waals surface area contributed by atoms with Crippen molar-refractivity contribution in [2.75, 3.05) is 21.5 Å². The summed E-state index contributed by atoms with van der Waals surface area (Å²) in [5.41, 5.74) is 5.06. The fourth-order valence-corrected chi connectivity index (χ4v) is 5.72. The van der Waals surface area contributed by atoms with E-state index in [0.29, 0.717) is 0 Å². The van der Waals surface area contributed by atoms with E-state index in [0.717, 1.165) is 12.3 Å². The maximum atomic E-state index is 2.44. The Bertz CT molecular complexity index is 1040. The van der Waals surface area contributed by atoms with Crippen LogP contribution >= 0.6 is 11.9 Å². The van der Waals surface area contributed by atoms with Gasteiger partial charge >= 0.3 is 0 Å². The molecule has 0 unspecified atom stereocenters. The van der Waals surface area contributed by atoms with E-state index in [4.69, 9.17) is 0 Å². The average Bonchev–Trinajstić information content (AvgIpc) is 3.03. The van der Waals surface area contributed by atoms with Crippen molar-refractivity contribution >= 4 is 34.7 Å². The van der Waals surface area contributed by atoms with Gasteiger partial charge in [-0.25, -0.2) is 0 Å². The number of para-hydroxylation sites is 4. The van der Waals surface area contributed by atoms with Gasteiger partial charge in [-0.3, -0.25) is 4.31 Å². The number of hydrogen-bond donors (Lipinski definition) is 0. The Hall–Kier alpha value is -3.17. The predicted octanol–water partition coefficient (Wildman–Crippen LogP) is 11.8. The van der Waals surface area contributed by atoms with Crippen LogP contribution in [0.2, 0.25) is 0 Å². The van der Waals surface area contributed by atoms with Gasteiger partial charge in [-0.15, -0.1) is 0 Å². The third kappa shape index (κ3) is 11.5. The molecule has 2 nitrogen and oxygen atoms in total. The van der Waals surface area contributed by atoms with Crippen LogP contribution in [0.15, 0.2) is 121 Å². The summed E-state index contributed by atoms with van der Waals surface area (Å²) in [6.07, 6.45) is 12.0.